The number of aryl methyl sites for hydroxylation is 1. The van der Waals surface area contributed by atoms with Crippen LogP contribution in [0.2, 0.25) is 0 Å². The van der Waals surface area contributed by atoms with E-state index < -0.39 is 12.1 Å². The molecule has 18 heavy (non-hydrogen) atoms. The number of cyclic esters (lactones) is 1. The predicted octanol–water partition coefficient (Wildman–Crippen LogP) is 2.08. The van der Waals surface area contributed by atoms with Gasteiger partial charge in [-0.1, -0.05) is 29.8 Å². The van der Waals surface area contributed by atoms with Gasteiger partial charge in [0, 0.05) is 0 Å². The summed E-state index contributed by atoms with van der Waals surface area (Å²) in [6, 6.07) is 7.50. The van der Waals surface area contributed by atoms with Crippen LogP contribution in [0, 0.1) is 6.92 Å². The standard InChI is InChI=1S/C14H14O4/c1-8-4-6-10(7-5-8)12-11(9(2)15)13(17-3)14(16)18-12/h4-7,12H,1-3H3. The number of ether oxygens (including phenoxy) is 2. The minimum absolute atomic E-state index is 0.00748. The quantitative estimate of drug-likeness (QED) is 0.766. The maximum absolute atomic E-state index is 11.6. The van der Waals surface area contributed by atoms with E-state index in [1.165, 1.54) is 14.0 Å². The van der Waals surface area contributed by atoms with Crippen molar-refractivity contribution in [3.8, 4) is 0 Å². The van der Waals surface area contributed by atoms with Crippen molar-refractivity contribution in [3.05, 3.63) is 46.7 Å². The highest BCUT2D eigenvalue weighted by Gasteiger charge is 2.38. The van der Waals surface area contributed by atoms with Crippen LogP contribution in [0.1, 0.15) is 24.2 Å². The number of benzene rings is 1. The van der Waals surface area contributed by atoms with Crippen LogP contribution >= 0.6 is 0 Å². The van der Waals surface area contributed by atoms with E-state index in [2.05, 4.69) is 0 Å². The van der Waals surface area contributed by atoms with Gasteiger partial charge in [0.2, 0.25) is 5.76 Å². The van der Waals surface area contributed by atoms with Crippen molar-refractivity contribution >= 4 is 11.8 Å². The highest BCUT2D eigenvalue weighted by molar-refractivity contribution is 6.05. The summed E-state index contributed by atoms with van der Waals surface area (Å²) in [5, 5.41) is 0. The van der Waals surface area contributed by atoms with Crippen molar-refractivity contribution in [3.63, 3.8) is 0 Å². The molecule has 0 N–H and O–H groups in total. The molecule has 0 saturated heterocycles. The normalized spacial score (nSPS) is 18.8. The van der Waals surface area contributed by atoms with Crippen molar-refractivity contribution in [1.82, 2.24) is 0 Å². The fraction of sp³-hybridized carbons (Fsp3) is 0.286. The molecule has 0 spiro atoms. The molecular formula is C14H14O4. The summed E-state index contributed by atoms with van der Waals surface area (Å²) in [4.78, 5) is 23.3. The molecule has 1 aliphatic rings. The Labute approximate surface area is 105 Å². The molecule has 0 saturated carbocycles. The van der Waals surface area contributed by atoms with Crippen LogP contribution in [0.25, 0.3) is 0 Å². The van der Waals surface area contributed by atoms with E-state index in [1.54, 1.807) is 0 Å². The molecule has 1 atom stereocenters. The fourth-order valence-electron chi connectivity index (χ4n) is 1.96. The van der Waals surface area contributed by atoms with Gasteiger partial charge < -0.3 is 9.47 Å². The molecule has 2 rings (SSSR count). The predicted molar refractivity (Wildman–Crippen MR) is 64.7 cm³/mol. The number of ketones is 1. The summed E-state index contributed by atoms with van der Waals surface area (Å²) >= 11 is 0. The first-order valence-electron chi connectivity index (χ1n) is 5.61. The zero-order valence-electron chi connectivity index (χ0n) is 10.5. The highest BCUT2D eigenvalue weighted by atomic mass is 16.6. The van der Waals surface area contributed by atoms with Gasteiger partial charge in [-0.2, -0.15) is 0 Å². The summed E-state index contributed by atoms with van der Waals surface area (Å²) in [5.74, 6) is -0.801. The van der Waals surface area contributed by atoms with Crippen molar-refractivity contribution in [2.75, 3.05) is 7.11 Å². The largest absolute Gasteiger partial charge is 0.489 e. The number of Topliss-reactive ketones (excluding diaryl/α,β-unsaturated/α-hetero) is 1. The van der Waals surface area contributed by atoms with Gasteiger partial charge >= 0.3 is 5.97 Å². The fourth-order valence-corrected chi connectivity index (χ4v) is 1.96. The van der Waals surface area contributed by atoms with E-state index in [1.807, 2.05) is 31.2 Å². The van der Waals surface area contributed by atoms with Gasteiger partial charge in [0.05, 0.1) is 12.7 Å². The Hall–Kier alpha value is -2.10. The molecule has 1 aromatic carbocycles. The van der Waals surface area contributed by atoms with Crippen molar-refractivity contribution in [2.24, 2.45) is 0 Å². The summed E-state index contributed by atoms with van der Waals surface area (Å²) in [5.41, 5.74) is 2.15. The summed E-state index contributed by atoms with van der Waals surface area (Å²) in [7, 11) is 1.36. The van der Waals surface area contributed by atoms with Gasteiger partial charge in [0.25, 0.3) is 0 Å². The first-order valence-corrected chi connectivity index (χ1v) is 5.61. The average Bonchev–Trinajstić information content (AvgIpc) is 2.67. The SMILES string of the molecule is COC1=C(C(C)=O)C(c2ccc(C)cc2)OC1=O. The number of carbonyl (C=O) groups is 2. The summed E-state index contributed by atoms with van der Waals surface area (Å²) in [6.45, 7) is 3.37. The van der Waals surface area contributed by atoms with Crippen LogP contribution in [0.15, 0.2) is 35.6 Å². The smallest absolute Gasteiger partial charge is 0.375 e. The number of methoxy groups -OCH3 is 1. The molecule has 94 valence electrons. The average molecular weight is 246 g/mol. The third-order valence-corrected chi connectivity index (χ3v) is 2.88. The Kier molecular flexibility index (Phi) is 3.19. The molecule has 0 amide bonds. The van der Waals surface area contributed by atoms with Gasteiger partial charge in [0.15, 0.2) is 11.9 Å². The van der Waals surface area contributed by atoms with Gasteiger partial charge in [-0.3, -0.25) is 4.79 Å². The van der Waals surface area contributed by atoms with Crippen LogP contribution in [0.3, 0.4) is 0 Å². The van der Waals surface area contributed by atoms with E-state index >= 15 is 0 Å². The molecule has 0 aliphatic carbocycles. The third-order valence-electron chi connectivity index (χ3n) is 2.88. The lowest BCUT2D eigenvalue weighted by molar-refractivity contribution is -0.142. The number of rotatable bonds is 3. The van der Waals surface area contributed by atoms with E-state index in [4.69, 9.17) is 9.47 Å². The lowest BCUT2D eigenvalue weighted by atomic mass is 9.98. The highest BCUT2D eigenvalue weighted by Crippen LogP contribution is 2.35. The van der Waals surface area contributed by atoms with Gasteiger partial charge in [-0.05, 0) is 19.4 Å². The molecule has 0 bridgehead atoms. The maximum Gasteiger partial charge on any atom is 0.375 e. The van der Waals surface area contributed by atoms with E-state index in [0.717, 1.165) is 11.1 Å². The Balaban J connectivity index is 2.46. The number of hydrogen-bond acceptors (Lipinski definition) is 4. The zero-order chi connectivity index (χ0) is 13.3. The summed E-state index contributed by atoms with van der Waals surface area (Å²) in [6.07, 6.45) is -0.662. The van der Waals surface area contributed by atoms with Crippen LogP contribution in [-0.2, 0) is 19.1 Å². The second-order valence-electron chi connectivity index (χ2n) is 4.20. The van der Waals surface area contributed by atoms with Crippen LogP contribution in [0.4, 0.5) is 0 Å². The lowest BCUT2D eigenvalue weighted by Crippen LogP contribution is -2.08. The number of hydrogen-bond donors (Lipinski definition) is 0. The minimum Gasteiger partial charge on any atom is -0.489 e. The van der Waals surface area contributed by atoms with Crippen molar-refractivity contribution in [1.29, 1.82) is 0 Å². The second kappa shape index (κ2) is 4.64. The number of carbonyl (C=O) groups excluding carboxylic acids is 2. The van der Waals surface area contributed by atoms with E-state index in [0.29, 0.717) is 0 Å². The second-order valence-corrected chi connectivity index (χ2v) is 4.20. The molecule has 1 aromatic rings. The van der Waals surface area contributed by atoms with E-state index in [9.17, 15) is 9.59 Å². The molecule has 4 nitrogen and oxygen atoms in total. The first-order chi connectivity index (χ1) is 8.54. The van der Waals surface area contributed by atoms with Crippen LogP contribution < -0.4 is 0 Å². The Morgan fingerprint density at radius 1 is 1.28 bits per heavy atom. The molecule has 4 heteroatoms. The molecule has 0 radical (unpaired) electrons. The Morgan fingerprint density at radius 3 is 2.39 bits per heavy atom. The van der Waals surface area contributed by atoms with Crippen LogP contribution in [-0.4, -0.2) is 18.9 Å². The topological polar surface area (TPSA) is 52.6 Å². The lowest BCUT2D eigenvalue weighted by Gasteiger charge is -2.12. The maximum atomic E-state index is 11.6. The van der Waals surface area contributed by atoms with Gasteiger partial charge in [-0.15, -0.1) is 0 Å². The Morgan fingerprint density at radius 2 is 1.89 bits per heavy atom. The molecule has 1 unspecified atom stereocenters. The minimum atomic E-state index is -0.662. The first kappa shape index (κ1) is 12.4. The Bertz CT molecular complexity index is 525. The van der Waals surface area contributed by atoms with Crippen molar-refractivity contribution in [2.45, 2.75) is 20.0 Å². The molecule has 1 heterocycles. The number of esters is 1. The molecule has 1 aliphatic heterocycles. The third kappa shape index (κ3) is 2.01. The summed E-state index contributed by atoms with van der Waals surface area (Å²) < 4.78 is 10.2. The zero-order valence-corrected chi connectivity index (χ0v) is 10.5. The van der Waals surface area contributed by atoms with Crippen LogP contribution in [0.5, 0.6) is 0 Å². The molecule has 0 aromatic heterocycles. The van der Waals surface area contributed by atoms with Gasteiger partial charge in [0.1, 0.15) is 0 Å². The van der Waals surface area contributed by atoms with Crippen molar-refractivity contribution < 1.29 is 19.1 Å². The molecule has 0 fully saturated rings. The van der Waals surface area contributed by atoms with E-state index in [-0.39, 0.29) is 17.1 Å². The van der Waals surface area contributed by atoms with Gasteiger partial charge in [-0.25, -0.2) is 4.79 Å². The molecular weight excluding hydrogens is 232 g/mol. The monoisotopic (exact) mass is 246 g/mol.